The summed E-state index contributed by atoms with van der Waals surface area (Å²) in [6, 6.07) is 26.0. The van der Waals surface area contributed by atoms with Gasteiger partial charge >= 0.3 is 5.97 Å². The molecule has 3 rings (SSSR count). The second kappa shape index (κ2) is 10.3. The van der Waals surface area contributed by atoms with Gasteiger partial charge in [0, 0.05) is 12.6 Å². The number of para-hydroxylation sites is 1. The number of carbonyl (C=O) groups is 2. The minimum absolute atomic E-state index is 0.121. The molecule has 3 aromatic rings. The van der Waals surface area contributed by atoms with Gasteiger partial charge in [-0.25, -0.2) is 4.79 Å². The topological polar surface area (TPSA) is 55.8 Å². The van der Waals surface area contributed by atoms with E-state index < -0.39 is 5.97 Å². The number of ether oxygens (including phenoxy) is 2. The average molecular weight is 403 g/mol. The van der Waals surface area contributed by atoms with Gasteiger partial charge in [0.1, 0.15) is 12.4 Å². The quantitative estimate of drug-likeness (QED) is 0.514. The lowest BCUT2D eigenvalue weighted by Gasteiger charge is -2.25. The zero-order valence-electron chi connectivity index (χ0n) is 17.2. The second-order valence-corrected chi connectivity index (χ2v) is 6.93. The number of carbonyl (C=O) groups excluding carboxylic acids is 2. The van der Waals surface area contributed by atoms with Crippen LogP contribution in [0.15, 0.2) is 84.9 Å². The van der Waals surface area contributed by atoms with Gasteiger partial charge in [-0.2, -0.15) is 0 Å². The minimum atomic E-state index is -0.545. The molecule has 0 aliphatic heterocycles. The van der Waals surface area contributed by atoms with Crippen molar-refractivity contribution in [3.8, 4) is 5.75 Å². The Morgan fingerprint density at radius 3 is 2.17 bits per heavy atom. The van der Waals surface area contributed by atoms with Crippen LogP contribution in [0.2, 0.25) is 0 Å². The van der Waals surface area contributed by atoms with Crippen LogP contribution in [-0.4, -0.2) is 30.4 Å². The molecule has 0 fully saturated rings. The van der Waals surface area contributed by atoms with E-state index in [4.69, 9.17) is 9.47 Å². The van der Waals surface area contributed by atoms with E-state index in [0.29, 0.717) is 16.9 Å². The largest absolute Gasteiger partial charge is 0.489 e. The number of hydrogen-bond donors (Lipinski definition) is 0. The average Bonchev–Trinajstić information content (AvgIpc) is 2.81. The standard InChI is InChI=1S/C25H25NO4/c1-19(20-11-5-3-6-12-20)26(2)24(27)18-30-25(28)23-16-10-9-13-21(23)17-29-22-14-7-4-8-15-22/h3-16,19H,17-18H2,1-2H3/t19-/m1/s1. The van der Waals surface area contributed by atoms with Crippen molar-refractivity contribution in [3.63, 3.8) is 0 Å². The van der Waals surface area contributed by atoms with Crippen molar-refractivity contribution in [1.29, 1.82) is 0 Å². The maximum absolute atomic E-state index is 12.6. The maximum atomic E-state index is 12.6. The van der Waals surface area contributed by atoms with E-state index in [2.05, 4.69) is 0 Å². The third kappa shape index (κ3) is 5.47. The first kappa shape index (κ1) is 21.1. The Hall–Kier alpha value is -3.60. The molecule has 0 radical (unpaired) electrons. The summed E-state index contributed by atoms with van der Waals surface area (Å²) < 4.78 is 11.0. The summed E-state index contributed by atoms with van der Waals surface area (Å²) in [7, 11) is 1.70. The van der Waals surface area contributed by atoms with E-state index in [1.807, 2.05) is 79.7 Å². The van der Waals surface area contributed by atoms with E-state index >= 15 is 0 Å². The van der Waals surface area contributed by atoms with Gasteiger partial charge < -0.3 is 14.4 Å². The summed E-state index contributed by atoms with van der Waals surface area (Å²) >= 11 is 0. The molecule has 0 saturated carbocycles. The van der Waals surface area contributed by atoms with Crippen molar-refractivity contribution in [1.82, 2.24) is 4.90 Å². The van der Waals surface area contributed by atoms with Gasteiger partial charge in [0.05, 0.1) is 11.6 Å². The highest BCUT2D eigenvalue weighted by atomic mass is 16.5. The van der Waals surface area contributed by atoms with Crippen molar-refractivity contribution in [2.24, 2.45) is 0 Å². The van der Waals surface area contributed by atoms with Crippen LogP contribution < -0.4 is 4.74 Å². The third-order valence-electron chi connectivity index (χ3n) is 4.96. The normalized spacial score (nSPS) is 11.4. The lowest BCUT2D eigenvalue weighted by Crippen LogP contribution is -2.33. The predicted octanol–water partition coefficient (Wildman–Crippen LogP) is 4.64. The molecule has 0 bridgehead atoms. The molecule has 0 unspecified atom stereocenters. The molecule has 30 heavy (non-hydrogen) atoms. The van der Waals surface area contributed by atoms with Crippen LogP contribution in [0.4, 0.5) is 0 Å². The van der Waals surface area contributed by atoms with Gasteiger partial charge in [-0.3, -0.25) is 4.79 Å². The molecule has 0 aliphatic carbocycles. The smallest absolute Gasteiger partial charge is 0.339 e. The van der Waals surface area contributed by atoms with Crippen LogP contribution >= 0.6 is 0 Å². The molecule has 1 atom stereocenters. The van der Waals surface area contributed by atoms with Crippen molar-refractivity contribution in [2.75, 3.05) is 13.7 Å². The van der Waals surface area contributed by atoms with Crippen LogP contribution in [0.5, 0.6) is 5.75 Å². The van der Waals surface area contributed by atoms with Crippen molar-refractivity contribution < 1.29 is 19.1 Å². The highest BCUT2D eigenvalue weighted by Crippen LogP contribution is 2.19. The Labute approximate surface area is 176 Å². The number of nitrogens with zero attached hydrogens (tertiary/aromatic N) is 1. The molecular formula is C25H25NO4. The molecular weight excluding hydrogens is 378 g/mol. The summed E-state index contributed by atoms with van der Waals surface area (Å²) in [6.07, 6.45) is 0. The van der Waals surface area contributed by atoms with E-state index in [1.165, 1.54) is 0 Å². The second-order valence-electron chi connectivity index (χ2n) is 6.93. The maximum Gasteiger partial charge on any atom is 0.339 e. The molecule has 0 saturated heterocycles. The van der Waals surface area contributed by atoms with Crippen LogP contribution in [0, 0.1) is 0 Å². The number of esters is 1. The van der Waals surface area contributed by atoms with Gasteiger partial charge in [-0.15, -0.1) is 0 Å². The van der Waals surface area contributed by atoms with E-state index in [0.717, 1.165) is 5.56 Å². The molecule has 3 aromatic carbocycles. The summed E-state index contributed by atoms with van der Waals surface area (Å²) in [5.41, 5.74) is 2.10. The first-order valence-corrected chi connectivity index (χ1v) is 9.79. The molecule has 0 spiro atoms. The monoisotopic (exact) mass is 403 g/mol. The fourth-order valence-corrected chi connectivity index (χ4v) is 3.00. The zero-order valence-corrected chi connectivity index (χ0v) is 17.2. The fourth-order valence-electron chi connectivity index (χ4n) is 3.00. The molecule has 5 nitrogen and oxygen atoms in total. The first-order valence-electron chi connectivity index (χ1n) is 9.79. The summed E-state index contributed by atoms with van der Waals surface area (Å²) in [5.74, 6) is -0.0959. The Bertz CT molecular complexity index is 973. The number of hydrogen-bond acceptors (Lipinski definition) is 4. The SMILES string of the molecule is C[C@H](c1ccccc1)N(C)C(=O)COC(=O)c1ccccc1COc1ccccc1. The first-order chi connectivity index (χ1) is 14.6. The highest BCUT2D eigenvalue weighted by Gasteiger charge is 2.20. The third-order valence-corrected chi connectivity index (χ3v) is 4.96. The number of benzene rings is 3. The Balaban J connectivity index is 1.58. The fraction of sp³-hybridized carbons (Fsp3) is 0.200. The molecule has 0 aliphatic rings. The number of likely N-dealkylation sites (N-methyl/N-ethyl adjacent to an activating group) is 1. The predicted molar refractivity (Wildman–Crippen MR) is 115 cm³/mol. The van der Waals surface area contributed by atoms with Gasteiger partial charge in [0.15, 0.2) is 6.61 Å². The molecule has 5 heteroatoms. The molecule has 154 valence electrons. The molecule has 0 aromatic heterocycles. The van der Waals surface area contributed by atoms with E-state index in [9.17, 15) is 9.59 Å². The summed E-state index contributed by atoms with van der Waals surface area (Å²) in [5, 5.41) is 0. The Morgan fingerprint density at radius 2 is 1.47 bits per heavy atom. The molecule has 0 heterocycles. The van der Waals surface area contributed by atoms with Gasteiger partial charge in [-0.1, -0.05) is 66.7 Å². The zero-order chi connectivity index (χ0) is 21.3. The van der Waals surface area contributed by atoms with Crippen LogP contribution in [-0.2, 0) is 16.1 Å². The van der Waals surface area contributed by atoms with Gasteiger partial charge in [0.25, 0.3) is 5.91 Å². The van der Waals surface area contributed by atoms with Crippen LogP contribution in [0.25, 0.3) is 0 Å². The Morgan fingerprint density at radius 1 is 0.867 bits per heavy atom. The highest BCUT2D eigenvalue weighted by molar-refractivity contribution is 5.92. The number of rotatable bonds is 8. The lowest BCUT2D eigenvalue weighted by molar-refractivity contribution is -0.135. The summed E-state index contributed by atoms with van der Waals surface area (Å²) in [6.45, 7) is 1.85. The van der Waals surface area contributed by atoms with Crippen LogP contribution in [0.3, 0.4) is 0 Å². The van der Waals surface area contributed by atoms with Gasteiger partial charge in [-0.05, 0) is 30.7 Å². The lowest BCUT2D eigenvalue weighted by atomic mass is 10.1. The van der Waals surface area contributed by atoms with E-state index in [1.54, 1.807) is 24.1 Å². The van der Waals surface area contributed by atoms with Crippen molar-refractivity contribution in [3.05, 3.63) is 102 Å². The van der Waals surface area contributed by atoms with Gasteiger partial charge in [0.2, 0.25) is 0 Å². The molecule has 0 N–H and O–H groups in total. The van der Waals surface area contributed by atoms with Crippen molar-refractivity contribution >= 4 is 11.9 Å². The molecule has 1 amide bonds. The summed E-state index contributed by atoms with van der Waals surface area (Å²) in [4.78, 5) is 26.7. The van der Waals surface area contributed by atoms with Crippen molar-refractivity contribution in [2.45, 2.75) is 19.6 Å². The minimum Gasteiger partial charge on any atom is -0.489 e. The van der Waals surface area contributed by atoms with E-state index in [-0.39, 0.29) is 25.2 Å². The number of amides is 1. The van der Waals surface area contributed by atoms with Crippen LogP contribution in [0.1, 0.15) is 34.5 Å². The Kier molecular flexibility index (Phi) is 7.22.